The fourth-order valence-electron chi connectivity index (χ4n) is 3.28. The lowest BCUT2D eigenvalue weighted by molar-refractivity contribution is -0.136. The Hall–Kier alpha value is -2.61. The number of anilines is 1. The third kappa shape index (κ3) is 2.00. The number of hydrogen-bond donors (Lipinski definition) is 0. The number of rotatable bonds is 5. The van der Waals surface area contributed by atoms with Gasteiger partial charge in [-0.25, -0.2) is 0 Å². The molecule has 0 aliphatic carbocycles. The molecule has 2 atom stereocenters. The van der Waals surface area contributed by atoms with Gasteiger partial charge in [0.25, 0.3) is 0 Å². The van der Waals surface area contributed by atoms with E-state index in [1.54, 1.807) is 12.2 Å². The van der Waals surface area contributed by atoms with Gasteiger partial charge in [-0.2, -0.15) is 0 Å². The minimum absolute atomic E-state index is 0.0425. The second kappa shape index (κ2) is 5.64. The number of amides is 1. The average Bonchev–Trinajstić information content (AvgIpc) is 2.58. The number of carbonyl (C=O) groups is 1. The van der Waals surface area contributed by atoms with Crippen LogP contribution in [0.5, 0.6) is 0 Å². The molecule has 0 radical (unpaired) electrons. The second-order valence-corrected chi connectivity index (χ2v) is 5.56. The van der Waals surface area contributed by atoms with Crippen LogP contribution in [0.1, 0.15) is 18.0 Å². The number of hydrogen-bond acceptors (Lipinski definition) is 1. The lowest BCUT2D eigenvalue weighted by Crippen LogP contribution is -2.62. The van der Waals surface area contributed by atoms with E-state index in [9.17, 15) is 4.79 Å². The maximum atomic E-state index is 12.9. The molecule has 0 spiro atoms. The molecule has 0 saturated carbocycles. The minimum Gasteiger partial charge on any atom is -0.303 e. The molecule has 2 nitrogen and oxygen atoms in total. The van der Waals surface area contributed by atoms with E-state index in [1.807, 2.05) is 53.4 Å². The van der Waals surface area contributed by atoms with Crippen molar-refractivity contribution in [3.8, 4) is 0 Å². The van der Waals surface area contributed by atoms with Crippen LogP contribution in [-0.2, 0) is 4.79 Å². The molecular formula is C20H19NO. The van der Waals surface area contributed by atoms with Crippen LogP contribution in [0, 0.1) is 5.41 Å². The third-order valence-corrected chi connectivity index (χ3v) is 4.36. The lowest BCUT2D eigenvalue weighted by atomic mass is 9.65. The molecule has 0 unspecified atom stereocenters. The number of carbonyl (C=O) groups excluding carboxylic acids is 1. The van der Waals surface area contributed by atoms with Crippen molar-refractivity contribution in [3.63, 3.8) is 0 Å². The van der Waals surface area contributed by atoms with Gasteiger partial charge in [-0.1, -0.05) is 60.7 Å². The number of allylic oxidation sites excluding steroid dienone is 1. The highest BCUT2D eigenvalue weighted by molar-refractivity contribution is 6.07. The average molecular weight is 289 g/mol. The first-order chi connectivity index (χ1) is 10.7. The van der Waals surface area contributed by atoms with E-state index in [-0.39, 0.29) is 11.9 Å². The normalized spacial score (nSPS) is 23.7. The predicted molar refractivity (Wildman–Crippen MR) is 90.6 cm³/mol. The Kier molecular flexibility index (Phi) is 3.68. The van der Waals surface area contributed by atoms with Crippen molar-refractivity contribution >= 4 is 11.6 Å². The summed E-state index contributed by atoms with van der Waals surface area (Å²) in [5.41, 5.74) is 1.44. The van der Waals surface area contributed by atoms with E-state index >= 15 is 0 Å². The first-order valence-corrected chi connectivity index (χ1v) is 7.43. The van der Waals surface area contributed by atoms with Crippen molar-refractivity contribution in [2.45, 2.75) is 12.5 Å². The highest BCUT2D eigenvalue weighted by Gasteiger charge is 2.58. The van der Waals surface area contributed by atoms with E-state index in [0.717, 1.165) is 11.3 Å². The molecule has 1 aliphatic heterocycles. The molecule has 2 heteroatoms. The van der Waals surface area contributed by atoms with Crippen LogP contribution in [0.4, 0.5) is 5.69 Å². The van der Waals surface area contributed by atoms with Crippen LogP contribution in [0.2, 0.25) is 0 Å². The zero-order chi connectivity index (χ0) is 15.6. The molecule has 1 saturated heterocycles. The Morgan fingerprint density at radius 1 is 1.00 bits per heavy atom. The van der Waals surface area contributed by atoms with Crippen molar-refractivity contribution in [2.75, 3.05) is 4.90 Å². The molecule has 1 heterocycles. The largest absolute Gasteiger partial charge is 0.303 e. The van der Waals surface area contributed by atoms with Gasteiger partial charge in [0.05, 0.1) is 11.5 Å². The molecule has 3 rings (SSSR count). The Morgan fingerprint density at radius 2 is 1.59 bits per heavy atom. The minimum atomic E-state index is -0.598. The summed E-state index contributed by atoms with van der Waals surface area (Å²) in [6.07, 6.45) is 4.18. The molecule has 1 amide bonds. The highest BCUT2D eigenvalue weighted by atomic mass is 16.2. The van der Waals surface area contributed by atoms with Crippen molar-refractivity contribution in [1.29, 1.82) is 0 Å². The number of nitrogens with zero attached hydrogens (tertiary/aromatic N) is 1. The van der Waals surface area contributed by atoms with E-state index < -0.39 is 5.41 Å². The predicted octanol–water partition coefficient (Wildman–Crippen LogP) is 4.52. The molecule has 0 bridgehead atoms. The summed E-state index contributed by atoms with van der Waals surface area (Å²) in [5.74, 6) is 0.0856. The third-order valence-electron chi connectivity index (χ3n) is 4.36. The highest BCUT2D eigenvalue weighted by Crippen LogP contribution is 2.54. The van der Waals surface area contributed by atoms with E-state index in [1.165, 1.54) is 0 Å². The van der Waals surface area contributed by atoms with Gasteiger partial charge in [-0.05, 0) is 24.1 Å². The molecule has 0 N–H and O–H groups in total. The van der Waals surface area contributed by atoms with Gasteiger partial charge in [0.1, 0.15) is 0 Å². The molecule has 1 aliphatic rings. The summed E-state index contributed by atoms with van der Waals surface area (Å²) < 4.78 is 0. The maximum absolute atomic E-state index is 12.9. The lowest BCUT2D eigenvalue weighted by Gasteiger charge is -2.55. The zero-order valence-electron chi connectivity index (χ0n) is 12.5. The SMILES string of the molecule is C=CC[C@]1(C=C)C(=O)N(c2ccccc2)[C@H]1c1ccccc1. The number of β-lactam (4-membered cyclic amide) rings is 1. The first kappa shape index (κ1) is 14.3. The summed E-state index contributed by atoms with van der Waals surface area (Å²) in [5, 5.41) is 0. The topological polar surface area (TPSA) is 20.3 Å². The summed E-state index contributed by atoms with van der Waals surface area (Å²) in [7, 11) is 0. The maximum Gasteiger partial charge on any atom is 0.240 e. The monoisotopic (exact) mass is 289 g/mol. The fourth-order valence-corrected chi connectivity index (χ4v) is 3.28. The van der Waals surface area contributed by atoms with Gasteiger partial charge in [-0.15, -0.1) is 13.2 Å². The van der Waals surface area contributed by atoms with Crippen LogP contribution in [-0.4, -0.2) is 5.91 Å². The molecule has 22 heavy (non-hydrogen) atoms. The van der Waals surface area contributed by atoms with Crippen LogP contribution >= 0.6 is 0 Å². The van der Waals surface area contributed by atoms with Crippen LogP contribution < -0.4 is 4.90 Å². The van der Waals surface area contributed by atoms with E-state index in [4.69, 9.17) is 0 Å². The van der Waals surface area contributed by atoms with Gasteiger partial charge >= 0.3 is 0 Å². The van der Waals surface area contributed by atoms with Crippen molar-refractivity contribution < 1.29 is 4.79 Å². The van der Waals surface area contributed by atoms with Gasteiger partial charge in [0, 0.05) is 5.69 Å². The van der Waals surface area contributed by atoms with E-state index in [0.29, 0.717) is 6.42 Å². The standard InChI is InChI=1S/C20H19NO/c1-3-15-20(4-2)18(16-11-7-5-8-12-16)21(19(20)22)17-13-9-6-10-14-17/h3-14,18H,1-2,15H2/t18-,20-/m0/s1. The number of benzene rings is 2. The summed E-state index contributed by atoms with van der Waals surface area (Å²) in [4.78, 5) is 14.8. The quantitative estimate of drug-likeness (QED) is 0.585. The van der Waals surface area contributed by atoms with Crippen LogP contribution in [0.15, 0.2) is 86.0 Å². The van der Waals surface area contributed by atoms with Crippen LogP contribution in [0.25, 0.3) is 0 Å². The van der Waals surface area contributed by atoms with Gasteiger partial charge in [0.2, 0.25) is 5.91 Å². The molecule has 0 aromatic heterocycles. The Balaban J connectivity index is 2.10. The molecule has 2 aromatic rings. The first-order valence-electron chi connectivity index (χ1n) is 7.43. The Morgan fingerprint density at radius 3 is 2.14 bits per heavy atom. The van der Waals surface area contributed by atoms with Gasteiger partial charge in [-0.3, -0.25) is 4.79 Å². The Labute approximate surface area is 131 Å². The van der Waals surface area contributed by atoms with Gasteiger partial charge in [0.15, 0.2) is 0 Å². The number of para-hydroxylation sites is 1. The van der Waals surface area contributed by atoms with Gasteiger partial charge < -0.3 is 4.90 Å². The fraction of sp³-hybridized carbons (Fsp3) is 0.150. The summed E-state index contributed by atoms with van der Waals surface area (Å²) in [6, 6.07) is 19.9. The summed E-state index contributed by atoms with van der Waals surface area (Å²) in [6.45, 7) is 7.75. The molecule has 2 aromatic carbocycles. The molecule has 110 valence electrons. The van der Waals surface area contributed by atoms with Crippen molar-refractivity contribution in [2.24, 2.45) is 5.41 Å². The van der Waals surface area contributed by atoms with E-state index in [2.05, 4.69) is 25.3 Å². The summed E-state index contributed by atoms with van der Waals surface area (Å²) >= 11 is 0. The zero-order valence-corrected chi connectivity index (χ0v) is 12.5. The smallest absolute Gasteiger partial charge is 0.240 e. The van der Waals surface area contributed by atoms with Crippen molar-refractivity contribution in [1.82, 2.24) is 0 Å². The van der Waals surface area contributed by atoms with Crippen molar-refractivity contribution in [3.05, 3.63) is 91.5 Å². The van der Waals surface area contributed by atoms with Crippen LogP contribution in [0.3, 0.4) is 0 Å². The molecule has 1 fully saturated rings. The molecular weight excluding hydrogens is 270 g/mol. The second-order valence-electron chi connectivity index (χ2n) is 5.56. The Bertz CT molecular complexity index is 692.